The third-order valence-corrected chi connectivity index (χ3v) is 1.54. The lowest BCUT2D eigenvalue weighted by atomic mass is 10.1. The highest BCUT2D eigenvalue weighted by molar-refractivity contribution is 4.64. The number of rotatable bonds is 5. The molecule has 0 fully saturated rings. The molecule has 0 amide bonds. The average Bonchev–Trinajstić information content (AvgIpc) is 1.88. The van der Waals surface area contributed by atoms with Crippen LogP contribution in [0.5, 0.6) is 0 Å². The number of hydrogen-bond acceptors (Lipinski definition) is 3. The molecule has 0 atom stereocenters. The summed E-state index contributed by atoms with van der Waals surface area (Å²) in [6, 6.07) is 0. The Hall–Kier alpha value is -0.120. The molecule has 0 unspecified atom stereocenters. The minimum Gasteiger partial charge on any atom is -0.338 e. The van der Waals surface area contributed by atoms with Crippen LogP contribution in [0.1, 0.15) is 27.7 Å². The summed E-state index contributed by atoms with van der Waals surface area (Å²) in [5.74, 6) is -0.730. The fourth-order valence-electron chi connectivity index (χ4n) is 0.826. The summed E-state index contributed by atoms with van der Waals surface area (Å²) in [6.45, 7) is 8.92. The Morgan fingerprint density at radius 2 is 1.55 bits per heavy atom. The van der Waals surface area contributed by atoms with Crippen molar-refractivity contribution in [3.63, 3.8) is 0 Å². The second-order valence-electron chi connectivity index (χ2n) is 2.74. The lowest BCUT2D eigenvalue weighted by Gasteiger charge is -2.32. The lowest BCUT2D eigenvalue weighted by Crippen LogP contribution is -2.50. The maximum absolute atomic E-state index is 5.82. The Morgan fingerprint density at radius 3 is 1.73 bits per heavy atom. The molecule has 11 heavy (non-hydrogen) atoms. The fourth-order valence-corrected chi connectivity index (χ4v) is 0.826. The highest BCUT2D eigenvalue weighted by atomic mass is 16.7. The van der Waals surface area contributed by atoms with Gasteiger partial charge >= 0.3 is 0 Å². The SMILES string of the molecule is CCOC(N)(OCC)C(C)C. The van der Waals surface area contributed by atoms with Gasteiger partial charge in [0, 0.05) is 19.1 Å². The molecule has 0 bridgehead atoms. The molecule has 68 valence electrons. The molecule has 2 N–H and O–H groups in total. The molecular weight excluding hydrogens is 142 g/mol. The van der Waals surface area contributed by atoms with E-state index >= 15 is 0 Å². The molecule has 0 spiro atoms. The van der Waals surface area contributed by atoms with Crippen LogP contribution < -0.4 is 5.73 Å². The van der Waals surface area contributed by atoms with Gasteiger partial charge in [0.1, 0.15) is 0 Å². The summed E-state index contributed by atoms with van der Waals surface area (Å²) in [4.78, 5) is 0. The molecule has 0 radical (unpaired) electrons. The summed E-state index contributed by atoms with van der Waals surface area (Å²) < 4.78 is 10.6. The summed E-state index contributed by atoms with van der Waals surface area (Å²) in [7, 11) is 0. The Balaban J connectivity index is 4.01. The fraction of sp³-hybridized carbons (Fsp3) is 1.00. The predicted octanol–water partition coefficient (Wildman–Crippen LogP) is 1.33. The zero-order valence-corrected chi connectivity index (χ0v) is 7.89. The minimum atomic E-state index is -0.899. The van der Waals surface area contributed by atoms with Crippen molar-refractivity contribution in [3.05, 3.63) is 0 Å². The largest absolute Gasteiger partial charge is 0.338 e. The van der Waals surface area contributed by atoms with Crippen molar-refractivity contribution in [1.29, 1.82) is 0 Å². The van der Waals surface area contributed by atoms with Crippen molar-refractivity contribution >= 4 is 0 Å². The molecule has 0 aliphatic rings. The van der Waals surface area contributed by atoms with E-state index in [1.807, 2.05) is 27.7 Å². The van der Waals surface area contributed by atoms with Crippen LogP contribution in [0.15, 0.2) is 0 Å². The molecule has 0 aromatic heterocycles. The highest BCUT2D eigenvalue weighted by Crippen LogP contribution is 2.16. The Kier molecular flexibility index (Phi) is 4.65. The first-order valence-corrected chi connectivity index (χ1v) is 4.13. The van der Waals surface area contributed by atoms with E-state index in [2.05, 4.69) is 0 Å². The van der Waals surface area contributed by atoms with Gasteiger partial charge in [0.25, 0.3) is 0 Å². The van der Waals surface area contributed by atoms with E-state index in [0.717, 1.165) is 0 Å². The third-order valence-electron chi connectivity index (χ3n) is 1.54. The first-order valence-electron chi connectivity index (χ1n) is 4.13. The molecule has 0 aromatic rings. The molecule has 0 aliphatic heterocycles. The van der Waals surface area contributed by atoms with Gasteiger partial charge in [-0.2, -0.15) is 0 Å². The summed E-state index contributed by atoms with van der Waals surface area (Å²) in [5, 5.41) is 0. The van der Waals surface area contributed by atoms with Crippen LogP contribution in [0.25, 0.3) is 0 Å². The molecule has 0 saturated carbocycles. The van der Waals surface area contributed by atoms with E-state index in [1.165, 1.54) is 0 Å². The van der Waals surface area contributed by atoms with Crippen molar-refractivity contribution in [2.75, 3.05) is 13.2 Å². The van der Waals surface area contributed by atoms with Crippen molar-refractivity contribution in [3.8, 4) is 0 Å². The van der Waals surface area contributed by atoms with Gasteiger partial charge in [-0.25, -0.2) is 0 Å². The van der Waals surface area contributed by atoms with Crippen molar-refractivity contribution < 1.29 is 9.47 Å². The number of nitrogens with two attached hydrogens (primary N) is 1. The minimum absolute atomic E-state index is 0.169. The van der Waals surface area contributed by atoms with Crippen LogP contribution in [0.2, 0.25) is 0 Å². The maximum atomic E-state index is 5.82. The topological polar surface area (TPSA) is 44.5 Å². The van der Waals surface area contributed by atoms with Crippen molar-refractivity contribution in [2.24, 2.45) is 11.7 Å². The first kappa shape index (κ1) is 10.9. The Bertz CT molecular complexity index is 98.3. The number of hydrogen-bond donors (Lipinski definition) is 1. The van der Waals surface area contributed by atoms with Gasteiger partial charge in [-0.1, -0.05) is 13.8 Å². The average molecular weight is 161 g/mol. The van der Waals surface area contributed by atoms with E-state index < -0.39 is 5.91 Å². The second kappa shape index (κ2) is 4.70. The van der Waals surface area contributed by atoms with Gasteiger partial charge < -0.3 is 9.47 Å². The van der Waals surface area contributed by atoms with E-state index in [9.17, 15) is 0 Å². The van der Waals surface area contributed by atoms with Gasteiger partial charge in [-0.15, -0.1) is 0 Å². The van der Waals surface area contributed by atoms with Crippen molar-refractivity contribution in [1.82, 2.24) is 0 Å². The zero-order valence-electron chi connectivity index (χ0n) is 7.89. The Labute approximate surface area is 68.9 Å². The van der Waals surface area contributed by atoms with E-state index in [-0.39, 0.29) is 5.92 Å². The second-order valence-corrected chi connectivity index (χ2v) is 2.74. The molecule has 0 heterocycles. The van der Waals surface area contributed by atoms with E-state index in [4.69, 9.17) is 15.2 Å². The van der Waals surface area contributed by atoms with Gasteiger partial charge in [0.2, 0.25) is 5.91 Å². The summed E-state index contributed by atoms with van der Waals surface area (Å²) in [5.41, 5.74) is 5.82. The number of ether oxygens (including phenoxy) is 2. The monoisotopic (exact) mass is 161 g/mol. The maximum Gasteiger partial charge on any atom is 0.227 e. The lowest BCUT2D eigenvalue weighted by molar-refractivity contribution is -0.254. The van der Waals surface area contributed by atoms with Crippen LogP contribution in [0, 0.1) is 5.92 Å². The normalized spacial score (nSPS) is 12.5. The molecule has 3 nitrogen and oxygen atoms in total. The van der Waals surface area contributed by atoms with Crippen molar-refractivity contribution in [2.45, 2.75) is 33.6 Å². The predicted molar refractivity (Wildman–Crippen MR) is 45.0 cm³/mol. The quantitative estimate of drug-likeness (QED) is 0.619. The van der Waals surface area contributed by atoms with Crippen LogP contribution in [0.4, 0.5) is 0 Å². The molecular formula is C8H19NO2. The van der Waals surface area contributed by atoms with Gasteiger partial charge in [-0.05, 0) is 13.8 Å². The van der Waals surface area contributed by atoms with Gasteiger partial charge in [0.05, 0.1) is 0 Å². The molecule has 3 heteroatoms. The third kappa shape index (κ3) is 3.18. The summed E-state index contributed by atoms with van der Waals surface area (Å²) >= 11 is 0. The molecule has 0 aliphatic carbocycles. The van der Waals surface area contributed by atoms with Gasteiger partial charge in [-0.3, -0.25) is 5.73 Å². The smallest absolute Gasteiger partial charge is 0.227 e. The molecule has 0 saturated heterocycles. The standard InChI is InChI=1S/C8H19NO2/c1-5-10-8(9,7(3)4)11-6-2/h7H,5-6,9H2,1-4H3. The highest BCUT2D eigenvalue weighted by Gasteiger charge is 2.29. The van der Waals surface area contributed by atoms with Crippen LogP contribution in [-0.4, -0.2) is 19.1 Å². The first-order chi connectivity index (χ1) is 5.06. The van der Waals surface area contributed by atoms with Gasteiger partial charge in [0.15, 0.2) is 0 Å². The van der Waals surface area contributed by atoms with Crippen LogP contribution in [0.3, 0.4) is 0 Å². The van der Waals surface area contributed by atoms with E-state index in [0.29, 0.717) is 13.2 Å². The summed E-state index contributed by atoms with van der Waals surface area (Å²) in [6.07, 6.45) is 0. The molecule has 0 rings (SSSR count). The Morgan fingerprint density at radius 1 is 1.18 bits per heavy atom. The van der Waals surface area contributed by atoms with E-state index in [1.54, 1.807) is 0 Å². The molecule has 0 aromatic carbocycles. The zero-order chi connectivity index (χ0) is 8.91. The van der Waals surface area contributed by atoms with Crippen LogP contribution >= 0.6 is 0 Å². The van der Waals surface area contributed by atoms with Crippen LogP contribution in [-0.2, 0) is 9.47 Å².